The Morgan fingerprint density at radius 2 is 1.81 bits per heavy atom. The Morgan fingerprint density at radius 3 is 2.43 bits per heavy atom. The fourth-order valence-corrected chi connectivity index (χ4v) is 2.86. The van der Waals surface area contributed by atoms with Crippen LogP contribution >= 0.6 is 0 Å². The minimum atomic E-state index is -0.304. The standard InChI is InChI=1S/C16H21BN2O2/c1-15(2)16(3,4)21-17(20-15)11-7-8-13-12(9-11)14(19-18-13)10-5-6-10/h7-10H,5-6H2,1-4H3,(H,18,19). The Balaban J connectivity index is 1.73. The molecule has 1 aliphatic carbocycles. The minimum Gasteiger partial charge on any atom is -0.399 e. The number of aromatic nitrogens is 2. The topological polar surface area (TPSA) is 47.1 Å². The molecular weight excluding hydrogens is 263 g/mol. The van der Waals surface area contributed by atoms with Crippen molar-refractivity contribution in [2.75, 3.05) is 0 Å². The van der Waals surface area contributed by atoms with Crippen molar-refractivity contribution in [3.63, 3.8) is 0 Å². The monoisotopic (exact) mass is 284 g/mol. The second kappa shape index (κ2) is 4.11. The van der Waals surface area contributed by atoms with E-state index in [2.05, 4.69) is 56.1 Å². The van der Waals surface area contributed by atoms with Gasteiger partial charge in [-0.25, -0.2) is 0 Å². The Hall–Kier alpha value is -1.33. The molecule has 2 heterocycles. The highest BCUT2D eigenvalue weighted by Crippen LogP contribution is 2.42. The summed E-state index contributed by atoms with van der Waals surface area (Å²) in [5, 5.41) is 8.81. The average Bonchev–Trinajstić information content (AvgIpc) is 3.11. The quantitative estimate of drug-likeness (QED) is 0.862. The van der Waals surface area contributed by atoms with Gasteiger partial charge in [0, 0.05) is 17.0 Å². The molecule has 2 fully saturated rings. The van der Waals surface area contributed by atoms with E-state index < -0.39 is 0 Å². The molecule has 2 aliphatic rings. The molecule has 0 bridgehead atoms. The Bertz CT molecular complexity index is 687. The first kappa shape index (κ1) is 13.3. The fraction of sp³-hybridized carbons (Fsp3) is 0.562. The number of benzene rings is 1. The summed E-state index contributed by atoms with van der Waals surface area (Å²) < 4.78 is 12.3. The van der Waals surface area contributed by atoms with Crippen LogP contribution in [-0.2, 0) is 9.31 Å². The van der Waals surface area contributed by atoms with Gasteiger partial charge in [-0.2, -0.15) is 5.10 Å². The van der Waals surface area contributed by atoms with Crippen molar-refractivity contribution in [2.24, 2.45) is 0 Å². The van der Waals surface area contributed by atoms with E-state index in [-0.39, 0.29) is 18.3 Å². The molecule has 0 amide bonds. The van der Waals surface area contributed by atoms with Gasteiger partial charge in [0.05, 0.1) is 16.7 Å². The van der Waals surface area contributed by atoms with Crippen LogP contribution in [0.25, 0.3) is 10.9 Å². The minimum absolute atomic E-state index is 0.303. The maximum absolute atomic E-state index is 6.14. The molecule has 110 valence electrons. The molecular formula is C16H21BN2O2. The third kappa shape index (κ3) is 2.02. The van der Waals surface area contributed by atoms with Crippen LogP contribution in [0, 0.1) is 0 Å². The highest BCUT2D eigenvalue weighted by Gasteiger charge is 2.51. The van der Waals surface area contributed by atoms with E-state index in [0.717, 1.165) is 11.0 Å². The second-order valence-corrected chi connectivity index (χ2v) is 7.28. The van der Waals surface area contributed by atoms with Crippen LogP contribution in [0.3, 0.4) is 0 Å². The predicted molar refractivity (Wildman–Crippen MR) is 83.8 cm³/mol. The van der Waals surface area contributed by atoms with Crippen molar-refractivity contribution in [1.82, 2.24) is 10.2 Å². The molecule has 4 nitrogen and oxygen atoms in total. The first-order chi connectivity index (χ1) is 9.87. The van der Waals surface area contributed by atoms with Crippen molar-refractivity contribution < 1.29 is 9.31 Å². The third-order valence-electron chi connectivity index (χ3n) is 5.12. The smallest absolute Gasteiger partial charge is 0.399 e. The number of hydrogen-bond acceptors (Lipinski definition) is 3. The number of hydrogen-bond donors (Lipinski definition) is 1. The van der Waals surface area contributed by atoms with Crippen molar-refractivity contribution in [3.8, 4) is 0 Å². The molecule has 1 saturated heterocycles. The van der Waals surface area contributed by atoms with E-state index in [1.165, 1.54) is 23.9 Å². The first-order valence-electron chi connectivity index (χ1n) is 7.71. The summed E-state index contributed by atoms with van der Waals surface area (Å²) in [6, 6.07) is 6.29. The lowest BCUT2D eigenvalue weighted by Gasteiger charge is -2.32. The van der Waals surface area contributed by atoms with E-state index in [0.29, 0.717) is 5.92 Å². The lowest BCUT2D eigenvalue weighted by Crippen LogP contribution is -2.41. The Kier molecular flexibility index (Phi) is 2.61. The van der Waals surface area contributed by atoms with Crippen molar-refractivity contribution >= 4 is 23.5 Å². The summed E-state index contributed by atoms with van der Waals surface area (Å²) in [5.41, 5.74) is 2.76. The van der Waals surface area contributed by atoms with Gasteiger partial charge in [0.15, 0.2) is 0 Å². The zero-order chi connectivity index (χ0) is 14.8. The van der Waals surface area contributed by atoms with Gasteiger partial charge in [-0.1, -0.05) is 12.1 Å². The van der Waals surface area contributed by atoms with Gasteiger partial charge in [0.1, 0.15) is 0 Å². The van der Waals surface area contributed by atoms with Crippen molar-refractivity contribution in [1.29, 1.82) is 0 Å². The molecule has 1 aromatic heterocycles. The van der Waals surface area contributed by atoms with E-state index in [4.69, 9.17) is 9.31 Å². The van der Waals surface area contributed by atoms with Gasteiger partial charge < -0.3 is 9.31 Å². The lowest BCUT2D eigenvalue weighted by atomic mass is 9.78. The molecule has 2 aromatic rings. The van der Waals surface area contributed by atoms with Crippen molar-refractivity contribution in [3.05, 3.63) is 23.9 Å². The number of nitrogens with one attached hydrogen (secondary N) is 1. The van der Waals surface area contributed by atoms with Crippen LogP contribution in [0.4, 0.5) is 0 Å². The van der Waals surface area contributed by atoms with Gasteiger partial charge in [-0.05, 0) is 52.1 Å². The summed E-state index contributed by atoms with van der Waals surface area (Å²) in [7, 11) is -0.304. The van der Waals surface area contributed by atoms with E-state index in [9.17, 15) is 0 Å². The van der Waals surface area contributed by atoms with Crippen LogP contribution in [-0.4, -0.2) is 28.5 Å². The summed E-state index contributed by atoms with van der Waals surface area (Å²) >= 11 is 0. The molecule has 1 aliphatic heterocycles. The normalized spacial score (nSPS) is 23.9. The van der Waals surface area contributed by atoms with Crippen LogP contribution in [0.1, 0.15) is 52.1 Å². The largest absolute Gasteiger partial charge is 0.494 e. The van der Waals surface area contributed by atoms with Gasteiger partial charge in [-0.15, -0.1) is 0 Å². The lowest BCUT2D eigenvalue weighted by molar-refractivity contribution is 0.00578. The van der Waals surface area contributed by atoms with Gasteiger partial charge >= 0.3 is 7.12 Å². The molecule has 0 unspecified atom stereocenters. The van der Waals surface area contributed by atoms with Crippen molar-refractivity contribution in [2.45, 2.75) is 57.7 Å². The summed E-state index contributed by atoms with van der Waals surface area (Å²) in [6.45, 7) is 8.33. The highest BCUT2D eigenvalue weighted by molar-refractivity contribution is 6.62. The molecule has 4 rings (SSSR count). The van der Waals surface area contributed by atoms with Gasteiger partial charge in [0.25, 0.3) is 0 Å². The maximum atomic E-state index is 6.14. The van der Waals surface area contributed by atoms with Crippen LogP contribution < -0.4 is 5.46 Å². The number of nitrogens with zero attached hydrogens (tertiary/aromatic N) is 1. The van der Waals surface area contributed by atoms with Gasteiger partial charge in [-0.3, -0.25) is 5.10 Å². The zero-order valence-electron chi connectivity index (χ0n) is 13.1. The Labute approximate surface area is 125 Å². The molecule has 1 saturated carbocycles. The van der Waals surface area contributed by atoms with E-state index in [1.54, 1.807) is 0 Å². The Morgan fingerprint density at radius 1 is 1.14 bits per heavy atom. The molecule has 5 heteroatoms. The van der Waals surface area contributed by atoms with Crippen LogP contribution in [0.5, 0.6) is 0 Å². The number of H-pyrrole nitrogens is 1. The number of fused-ring (bicyclic) bond motifs is 1. The number of aromatic amines is 1. The maximum Gasteiger partial charge on any atom is 0.494 e. The van der Waals surface area contributed by atoms with E-state index >= 15 is 0 Å². The summed E-state index contributed by atoms with van der Waals surface area (Å²) in [5.74, 6) is 0.656. The van der Waals surface area contributed by atoms with Crippen LogP contribution in [0.15, 0.2) is 18.2 Å². The summed E-state index contributed by atoms with van der Waals surface area (Å²) in [4.78, 5) is 0. The predicted octanol–water partition coefficient (Wildman–Crippen LogP) is 2.74. The second-order valence-electron chi connectivity index (χ2n) is 7.28. The SMILES string of the molecule is CC1(C)OB(c2ccc3n[nH]c(C4CC4)c3c2)OC1(C)C. The molecule has 0 radical (unpaired) electrons. The molecule has 1 N–H and O–H groups in total. The van der Waals surface area contributed by atoms with E-state index in [1.807, 2.05) is 0 Å². The van der Waals surface area contributed by atoms with Gasteiger partial charge in [0.2, 0.25) is 0 Å². The molecule has 0 spiro atoms. The fourth-order valence-electron chi connectivity index (χ4n) is 2.86. The number of rotatable bonds is 2. The molecule has 0 atom stereocenters. The zero-order valence-corrected chi connectivity index (χ0v) is 13.1. The first-order valence-corrected chi connectivity index (χ1v) is 7.71. The molecule has 21 heavy (non-hydrogen) atoms. The summed E-state index contributed by atoms with van der Waals surface area (Å²) in [6.07, 6.45) is 2.52. The average molecular weight is 284 g/mol. The third-order valence-corrected chi connectivity index (χ3v) is 5.12. The highest BCUT2D eigenvalue weighted by atomic mass is 16.7. The molecule has 1 aromatic carbocycles. The van der Waals surface area contributed by atoms with Crippen LogP contribution in [0.2, 0.25) is 0 Å².